The molecule has 0 aliphatic rings. The number of anilines is 2. The van der Waals surface area contributed by atoms with Gasteiger partial charge in [0.1, 0.15) is 6.61 Å². The van der Waals surface area contributed by atoms with E-state index < -0.39 is 6.03 Å². The number of benzene rings is 1. The van der Waals surface area contributed by atoms with Crippen LogP contribution in [0, 0.1) is 0 Å². The molecule has 2 aromatic rings. The summed E-state index contributed by atoms with van der Waals surface area (Å²) in [4.78, 5) is 12.0. The molecule has 1 heterocycles. The Morgan fingerprint density at radius 3 is 2.86 bits per heavy atom. The molecule has 0 aliphatic carbocycles. The number of ether oxygens (including phenoxy) is 2. The molecule has 118 valence electrons. The van der Waals surface area contributed by atoms with Crippen LogP contribution < -0.4 is 15.4 Å². The van der Waals surface area contributed by atoms with Crippen molar-refractivity contribution in [2.75, 3.05) is 31.0 Å². The molecule has 0 spiro atoms. The van der Waals surface area contributed by atoms with Gasteiger partial charge in [-0.15, -0.1) is 0 Å². The Kier molecular flexibility index (Phi) is 5.62. The normalized spacial score (nSPS) is 10.3. The topological polar surface area (TPSA) is 77.4 Å². The minimum atomic E-state index is -0.410. The van der Waals surface area contributed by atoms with Gasteiger partial charge in [-0.25, -0.2) is 4.79 Å². The van der Waals surface area contributed by atoms with Crippen LogP contribution in [-0.4, -0.2) is 36.1 Å². The molecule has 1 aromatic carbocycles. The molecule has 0 aliphatic heterocycles. The lowest BCUT2D eigenvalue weighted by molar-refractivity contribution is 0.147. The third-order valence-electron chi connectivity index (χ3n) is 2.71. The number of aromatic nitrogens is 2. The second-order valence-electron chi connectivity index (χ2n) is 4.44. The van der Waals surface area contributed by atoms with Gasteiger partial charge < -0.3 is 20.1 Å². The summed E-state index contributed by atoms with van der Waals surface area (Å²) >= 11 is 6.10. The summed E-state index contributed by atoms with van der Waals surface area (Å²) in [6.45, 7) is 0.756. The predicted molar refractivity (Wildman–Crippen MR) is 84.7 cm³/mol. The molecule has 1 aromatic heterocycles. The van der Waals surface area contributed by atoms with Crippen LogP contribution in [0.3, 0.4) is 0 Å². The number of urea groups is 1. The molecule has 2 amide bonds. The molecule has 0 saturated carbocycles. The van der Waals surface area contributed by atoms with Crippen molar-refractivity contribution in [2.45, 2.75) is 0 Å². The number of rotatable bonds is 6. The average Bonchev–Trinajstić information content (AvgIpc) is 2.87. The highest BCUT2D eigenvalue weighted by molar-refractivity contribution is 6.32. The van der Waals surface area contributed by atoms with Crippen molar-refractivity contribution in [1.82, 2.24) is 9.78 Å². The van der Waals surface area contributed by atoms with Crippen LogP contribution in [0.15, 0.2) is 30.6 Å². The highest BCUT2D eigenvalue weighted by Gasteiger charge is 2.12. The third-order valence-corrected chi connectivity index (χ3v) is 3.01. The van der Waals surface area contributed by atoms with E-state index in [2.05, 4.69) is 15.7 Å². The number of para-hydroxylation sites is 1. The molecule has 0 radical (unpaired) electrons. The Balaban J connectivity index is 2.04. The van der Waals surface area contributed by atoms with E-state index in [1.54, 1.807) is 49.4 Å². The molecule has 2 N–H and O–H groups in total. The summed E-state index contributed by atoms with van der Waals surface area (Å²) in [5.41, 5.74) is 1.06. The van der Waals surface area contributed by atoms with Crippen molar-refractivity contribution in [3.8, 4) is 5.75 Å². The predicted octanol–water partition coefficient (Wildman–Crippen LogP) is 2.74. The first-order valence-corrected chi connectivity index (χ1v) is 6.95. The van der Waals surface area contributed by atoms with Gasteiger partial charge in [0.2, 0.25) is 0 Å². The Hall–Kier alpha value is -2.25. The lowest BCUT2D eigenvalue weighted by Gasteiger charge is -2.14. The summed E-state index contributed by atoms with van der Waals surface area (Å²) in [6.07, 6.45) is 3.24. The zero-order valence-corrected chi connectivity index (χ0v) is 13.1. The zero-order chi connectivity index (χ0) is 15.9. The van der Waals surface area contributed by atoms with E-state index in [0.717, 1.165) is 0 Å². The number of hydrogen-bond acceptors (Lipinski definition) is 4. The molecule has 2 rings (SSSR count). The van der Waals surface area contributed by atoms with Crippen molar-refractivity contribution < 1.29 is 14.3 Å². The average molecular weight is 325 g/mol. The maximum atomic E-state index is 12.0. The molecule has 0 fully saturated rings. The van der Waals surface area contributed by atoms with Crippen molar-refractivity contribution in [1.29, 1.82) is 0 Å². The van der Waals surface area contributed by atoms with Gasteiger partial charge in [0.25, 0.3) is 0 Å². The number of methoxy groups -OCH3 is 1. The van der Waals surface area contributed by atoms with E-state index in [1.165, 1.54) is 0 Å². The van der Waals surface area contributed by atoms with Crippen molar-refractivity contribution >= 4 is 29.0 Å². The van der Waals surface area contributed by atoms with Crippen molar-refractivity contribution in [3.05, 3.63) is 35.6 Å². The van der Waals surface area contributed by atoms with Crippen molar-refractivity contribution in [3.63, 3.8) is 0 Å². The van der Waals surface area contributed by atoms with Gasteiger partial charge >= 0.3 is 6.03 Å². The molecular formula is C14H17ClN4O3. The fourth-order valence-electron chi connectivity index (χ4n) is 1.75. The minimum Gasteiger partial charge on any atom is -0.487 e. The van der Waals surface area contributed by atoms with Gasteiger partial charge in [-0.1, -0.05) is 17.7 Å². The number of carbonyl (C=O) groups excluding carboxylic acids is 1. The first kappa shape index (κ1) is 16.1. The molecule has 7 nitrogen and oxygen atoms in total. The molecule has 8 heteroatoms. The van der Waals surface area contributed by atoms with Crippen LogP contribution in [0.4, 0.5) is 16.2 Å². The maximum Gasteiger partial charge on any atom is 0.323 e. The minimum absolute atomic E-state index is 0.332. The molecule has 0 unspecified atom stereocenters. The van der Waals surface area contributed by atoms with Gasteiger partial charge in [0, 0.05) is 20.4 Å². The smallest absolute Gasteiger partial charge is 0.323 e. The number of amides is 2. The number of halogens is 1. The van der Waals surface area contributed by atoms with Gasteiger partial charge in [0.15, 0.2) is 5.75 Å². The number of nitrogens with one attached hydrogen (secondary N) is 2. The fraction of sp³-hybridized carbons (Fsp3) is 0.286. The van der Waals surface area contributed by atoms with Gasteiger partial charge in [-0.2, -0.15) is 5.10 Å². The number of hydrogen-bond donors (Lipinski definition) is 2. The molecule has 0 saturated heterocycles. The van der Waals surface area contributed by atoms with E-state index in [-0.39, 0.29) is 0 Å². The van der Waals surface area contributed by atoms with E-state index in [4.69, 9.17) is 21.1 Å². The Labute approximate surface area is 133 Å². The van der Waals surface area contributed by atoms with Crippen LogP contribution in [0.2, 0.25) is 5.02 Å². The number of carbonyl (C=O) groups is 1. The standard InChI is InChI=1S/C14H17ClN4O3/c1-19-9-10(8-16-19)17-14(20)18-12-5-3-4-11(15)13(12)22-7-6-21-2/h3-5,8-9H,6-7H2,1-2H3,(H2,17,18,20). The summed E-state index contributed by atoms with van der Waals surface area (Å²) in [7, 11) is 3.35. The van der Waals surface area contributed by atoms with Crippen molar-refractivity contribution in [2.24, 2.45) is 7.05 Å². The van der Waals surface area contributed by atoms with E-state index in [9.17, 15) is 4.79 Å². The number of nitrogens with zero attached hydrogens (tertiary/aromatic N) is 2. The van der Waals surface area contributed by atoms with Gasteiger partial charge in [-0.05, 0) is 12.1 Å². The fourth-order valence-corrected chi connectivity index (χ4v) is 1.98. The molecule has 0 bridgehead atoms. The van der Waals surface area contributed by atoms with E-state index >= 15 is 0 Å². The lowest BCUT2D eigenvalue weighted by Crippen LogP contribution is -2.20. The second-order valence-corrected chi connectivity index (χ2v) is 4.85. The summed E-state index contributed by atoms with van der Waals surface area (Å²) in [5.74, 6) is 0.405. The molecule has 22 heavy (non-hydrogen) atoms. The van der Waals surface area contributed by atoms with Crippen LogP contribution in [0.1, 0.15) is 0 Å². The quantitative estimate of drug-likeness (QED) is 0.801. The SMILES string of the molecule is COCCOc1c(Cl)cccc1NC(=O)Nc1cnn(C)c1. The van der Waals surface area contributed by atoms with Crippen LogP contribution in [-0.2, 0) is 11.8 Å². The van der Waals surface area contributed by atoms with E-state index in [0.29, 0.717) is 35.4 Å². The third kappa shape index (κ3) is 4.37. The zero-order valence-electron chi connectivity index (χ0n) is 12.3. The summed E-state index contributed by atoms with van der Waals surface area (Å²) < 4.78 is 12.1. The van der Waals surface area contributed by atoms with E-state index in [1.807, 2.05) is 0 Å². The molecular weight excluding hydrogens is 308 g/mol. The van der Waals surface area contributed by atoms with Gasteiger partial charge in [-0.3, -0.25) is 4.68 Å². The maximum absolute atomic E-state index is 12.0. The Morgan fingerprint density at radius 1 is 1.36 bits per heavy atom. The monoisotopic (exact) mass is 324 g/mol. The molecule has 0 atom stereocenters. The summed E-state index contributed by atoms with van der Waals surface area (Å²) in [5, 5.41) is 9.75. The Morgan fingerprint density at radius 2 is 2.18 bits per heavy atom. The van der Waals surface area contributed by atoms with Gasteiger partial charge in [0.05, 0.1) is 29.2 Å². The Bertz CT molecular complexity index is 645. The first-order valence-electron chi connectivity index (χ1n) is 6.57. The van der Waals surface area contributed by atoms with Crippen LogP contribution in [0.25, 0.3) is 0 Å². The first-order chi connectivity index (χ1) is 10.6. The van der Waals surface area contributed by atoms with Crippen LogP contribution >= 0.6 is 11.6 Å². The largest absolute Gasteiger partial charge is 0.487 e. The second kappa shape index (κ2) is 7.67. The summed E-state index contributed by atoms with van der Waals surface area (Å²) in [6, 6.07) is 4.71. The lowest BCUT2D eigenvalue weighted by atomic mass is 10.3. The highest BCUT2D eigenvalue weighted by Crippen LogP contribution is 2.32. The van der Waals surface area contributed by atoms with Crippen LogP contribution in [0.5, 0.6) is 5.75 Å². The number of aryl methyl sites for hydroxylation is 1. The highest BCUT2D eigenvalue weighted by atomic mass is 35.5.